The van der Waals surface area contributed by atoms with Gasteiger partial charge >= 0.3 is 6.18 Å². The summed E-state index contributed by atoms with van der Waals surface area (Å²) in [5, 5.41) is 10.4. The predicted octanol–water partition coefficient (Wildman–Crippen LogP) is 1.11. The lowest BCUT2D eigenvalue weighted by Gasteiger charge is -2.24. The molecule has 0 saturated carbocycles. The van der Waals surface area contributed by atoms with Crippen molar-refractivity contribution in [2.45, 2.75) is 12.6 Å². The third-order valence-electron chi connectivity index (χ3n) is 1.81. The normalized spacial score (nSPS) is 15.9. The van der Waals surface area contributed by atoms with Crippen molar-refractivity contribution in [1.82, 2.24) is 4.90 Å². The molecule has 0 fully saturated rings. The summed E-state index contributed by atoms with van der Waals surface area (Å²) < 4.78 is 60.9. The summed E-state index contributed by atoms with van der Waals surface area (Å²) in [6.07, 6.45) is -7.49. The minimum absolute atomic E-state index is 0.765. The van der Waals surface area contributed by atoms with E-state index in [4.69, 9.17) is 10.9 Å². The predicted molar refractivity (Wildman–Crippen MR) is 46.5 cm³/mol. The SMILES string of the molecule is CN(CC(F)F)CC(C(N)=NO)C(F)(F)F. The van der Waals surface area contributed by atoms with Crippen LogP contribution in [0.2, 0.25) is 0 Å². The Hall–Kier alpha value is -1.12. The second kappa shape index (κ2) is 5.83. The molecule has 0 aromatic heterocycles. The van der Waals surface area contributed by atoms with E-state index in [0.29, 0.717) is 0 Å². The van der Waals surface area contributed by atoms with Crippen molar-refractivity contribution in [1.29, 1.82) is 0 Å². The third kappa shape index (κ3) is 5.10. The van der Waals surface area contributed by atoms with Crippen molar-refractivity contribution in [2.75, 3.05) is 20.1 Å². The van der Waals surface area contributed by atoms with E-state index in [9.17, 15) is 22.0 Å². The Morgan fingerprint density at radius 2 is 1.88 bits per heavy atom. The Kier molecular flexibility index (Phi) is 5.42. The molecule has 0 aliphatic heterocycles. The van der Waals surface area contributed by atoms with E-state index in [1.165, 1.54) is 0 Å². The summed E-state index contributed by atoms with van der Waals surface area (Å²) >= 11 is 0. The highest BCUT2D eigenvalue weighted by molar-refractivity contribution is 5.83. The lowest BCUT2D eigenvalue weighted by atomic mass is 10.1. The molecular weight excluding hydrogens is 237 g/mol. The molecule has 0 aromatic rings. The highest BCUT2D eigenvalue weighted by atomic mass is 19.4. The molecule has 0 aliphatic carbocycles. The van der Waals surface area contributed by atoms with Crippen molar-refractivity contribution < 1.29 is 27.2 Å². The van der Waals surface area contributed by atoms with Crippen molar-refractivity contribution >= 4 is 5.84 Å². The minimum atomic E-state index is -4.74. The van der Waals surface area contributed by atoms with E-state index in [2.05, 4.69) is 5.16 Å². The number of oxime groups is 1. The van der Waals surface area contributed by atoms with Gasteiger partial charge in [0.15, 0.2) is 5.84 Å². The number of nitrogens with two attached hydrogens (primary N) is 1. The number of alkyl halides is 5. The molecule has 1 atom stereocenters. The van der Waals surface area contributed by atoms with Crippen LogP contribution < -0.4 is 5.73 Å². The van der Waals surface area contributed by atoms with Crippen LogP contribution in [-0.2, 0) is 0 Å². The molecule has 0 aliphatic rings. The Morgan fingerprint density at radius 3 is 2.19 bits per heavy atom. The Morgan fingerprint density at radius 1 is 1.38 bits per heavy atom. The molecule has 96 valence electrons. The molecule has 0 saturated heterocycles. The van der Waals surface area contributed by atoms with Crippen LogP contribution in [0.3, 0.4) is 0 Å². The molecule has 0 spiro atoms. The molecule has 4 nitrogen and oxygen atoms in total. The second-order valence-electron chi connectivity index (χ2n) is 3.23. The van der Waals surface area contributed by atoms with Gasteiger partial charge in [0.1, 0.15) is 5.92 Å². The van der Waals surface area contributed by atoms with E-state index in [-0.39, 0.29) is 0 Å². The summed E-state index contributed by atoms with van der Waals surface area (Å²) in [6, 6.07) is 0. The molecule has 0 amide bonds. The molecule has 1 unspecified atom stereocenters. The van der Waals surface area contributed by atoms with E-state index < -0.39 is 37.4 Å². The highest BCUT2D eigenvalue weighted by Crippen LogP contribution is 2.27. The fourth-order valence-electron chi connectivity index (χ4n) is 1.06. The molecule has 0 bridgehead atoms. The van der Waals surface area contributed by atoms with Gasteiger partial charge in [0.2, 0.25) is 0 Å². The largest absolute Gasteiger partial charge is 0.409 e. The maximum Gasteiger partial charge on any atom is 0.400 e. The molecule has 0 heterocycles. The summed E-state index contributed by atoms with van der Waals surface area (Å²) in [5.74, 6) is -3.31. The van der Waals surface area contributed by atoms with Gasteiger partial charge in [-0.2, -0.15) is 13.2 Å². The van der Waals surface area contributed by atoms with E-state index >= 15 is 0 Å². The first kappa shape index (κ1) is 14.9. The zero-order valence-electron chi connectivity index (χ0n) is 8.38. The standard InChI is InChI=1S/C7H12F5N3O/c1-15(3-5(8)9)2-4(6(13)14-16)7(10,11)12/h4-5,16H,2-3H2,1H3,(H2,13,14). The third-order valence-corrected chi connectivity index (χ3v) is 1.81. The summed E-state index contributed by atoms with van der Waals surface area (Å²) in [7, 11) is 1.09. The van der Waals surface area contributed by atoms with Crippen molar-refractivity contribution in [3.8, 4) is 0 Å². The molecule has 16 heavy (non-hydrogen) atoms. The van der Waals surface area contributed by atoms with Gasteiger partial charge < -0.3 is 10.9 Å². The Bertz CT molecular complexity index is 243. The van der Waals surface area contributed by atoms with Gasteiger partial charge in [-0.15, -0.1) is 0 Å². The van der Waals surface area contributed by atoms with Gasteiger partial charge in [0.05, 0.1) is 6.54 Å². The molecule has 0 rings (SSSR count). The number of nitrogens with zero attached hydrogens (tertiary/aromatic N) is 2. The summed E-state index contributed by atoms with van der Waals surface area (Å²) in [5.41, 5.74) is 4.85. The topological polar surface area (TPSA) is 61.8 Å². The zero-order chi connectivity index (χ0) is 12.9. The highest BCUT2D eigenvalue weighted by Gasteiger charge is 2.43. The van der Waals surface area contributed by atoms with Gasteiger partial charge in [0.25, 0.3) is 6.43 Å². The van der Waals surface area contributed by atoms with E-state index in [0.717, 1.165) is 11.9 Å². The van der Waals surface area contributed by atoms with Gasteiger partial charge in [-0.1, -0.05) is 5.16 Å². The lowest BCUT2D eigenvalue weighted by Crippen LogP contribution is -2.44. The first-order valence-electron chi connectivity index (χ1n) is 4.19. The van der Waals surface area contributed by atoms with Crippen LogP contribution in [-0.4, -0.2) is 48.7 Å². The lowest BCUT2D eigenvalue weighted by molar-refractivity contribution is -0.160. The second-order valence-corrected chi connectivity index (χ2v) is 3.23. The average molecular weight is 249 g/mol. The number of rotatable bonds is 5. The smallest absolute Gasteiger partial charge is 0.400 e. The summed E-state index contributed by atoms with van der Waals surface area (Å²) in [6.45, 7) is -1.60. The zero-order valence-corrected chi connectivity index (χ0v) is 8.38. The molecule has 0 aromatic carbocycles. The number of amidine groups is 1. The molecule has 9 heteroatoms. The summed E-state index contributed by atoms with van der Waals surface area (Å²) in [4.78, 5) is 0.765. The molecule has 3 N–H and O–H groups in total. The van der Waals surface area contributed by atoms with Crippen LogP contribution in [0, 0.1) is 5.92 Å². The average Bonchev–Trinajstić information content (AvgIpc) is 2.10. The van der Waals surface area contributed by atoms with Crippen LogP contribution in [0.4, 0.5) is 22.0 Å². The minimum Gasteiger partial charge on any atom is -0.409 e. The quantitative estimate of drug-likeness (QED) is 0.252. The van der Waals surface area contributed by atoms with Gasteiger partial charge in [-0.05, 0) is 7.05 Å². The van der Waals surface area contributed by atoms with Crippen molar-refractivity contribution in [3.05, 3.63) is 0 Å². The van der Waals surface area contributed by atoms with Crippen LogP contribution in [0.1, 0.15) is 0 Å². The van der Waals surface area contributed by atoms with Crippen molar-refractivity contribution in [2.24, 2.45) is 16.8 Å². The van der Waals surface area contributed by atoms with Crippen LogP contribution in [0.15, 0.2) is 5.16 Å². The van der Waals surface area contributed by atoms with Gasteiger partial charge in [-0.3, -0.25) is 4.90 Å². The van der Waals surface area contributed by atoms with Gasteiger partial charge in [-0.25, -0.2) is 8.78 Å². The number of halogens is 5. The molecule has 0 radical (unpaired) electrons. The first-order valence-corrected chi connectivity index (χ1v) is 4.19. The van der Waals surface area contributed by atoms with Crippen LogP contribution >= 0.6 is 0 Å². The van der Waals surface area contributed by atoms with Gasteiger partial charge in [0, 0.05) is 6.54 Å². The van der Waals surface area contributed by atoms with E-state index in [1.54, 1.807) is 0 Å². The number of hydrogen-bond donors (Lipinski definition) is 2. The fourth-order valence-corrected chi connectivity index (χ4v) is 1.06. The maximum atomic E-state index is 12.4. The van der Waals surface area contributed by atoms with Crippen LogP contribution in [0.25, 0.3) is 0 Å². The van der Waals surface area contributed by atoms with Crippen molar-refractivity contribution in [3.63, 3.8) is 0 Å². The Labute approximate surface area is 88.5 Å². The fraction of sp³-hybridized carbons (Fsp3) is 0.857. The number of hydrogen-bond acceptors (Lipinski definition) is 3. The Balaban J connectivity index is 4.57. The first-order chi connectivity index (χ1) is 7.18. The monoisotopic (exact) mass is 249 g/mol. The van der Waals surface area contributed by atoms with Crippen LogP contribution in [0.5, 0.6) is 0 Å². The molecular formula is C7H12F5N3O. The van der Waals surface area contributed by atoms with E-state index in [1.807, 2.05) is 0 Å². The maximum absolute atomic E-state index is 12.4.